The van der Waals surface area contributed by atoms with E-state index in [1.165, 1.54) is 6.07 Å². The molecule has 0 unspecified atom stereocenters. The molecule has 2 amide bonds. The minimum Gasteiger partial charge on any atom is -0.497 e. The maximum Gasteiger partial charge on any atom is 0.329 e. The van der Waals surface area contributed by atoms with Gasteiger partial charge in [0.25, 0.3) is 15.7 Å². The first-order chi connectivity index (χ1) is 16.4. The van der Waals surface area contributed by atoms with Gasteiger partial charge in [-0.25, -0.2) is 17.9 Å². The fourth-order valence-electron chi connectivity index (χ4n) is 3.10. The molecule has 0 radical (unpaired) electrons. The van der Waals surface area contributed by atoms with Crippen LogP contribution in [0.15, 0.2) is 71.6 Å². The van der Waals surface area contributed by atoms with Crippen LogP contribution in [0.2, 0.25) is 0 Å². The van der Waals surface area contributed by atoms with E-state index in [0.29, 0.717) is 11.5 Å². The Morgan fingerprint density at radius 1 is 0.943 bits per heavy atom. The van der Waals surface area contributed by atoms with E-state index in [9.17, 15) is 23.3 Å². The number of nitrogens with zero attached hydrogens (tertiary/aromatic N) is 1. The molecule has 0 aliphatic heterocycles. The van der Waals surface area contributed by atoms with Gasteiger partial charge in [0.15, 0.2) is 0 Å². The van der Waals surface area contributed by atoms with Crippen molar-refractivity contribution in [3.05, 3.63) is 76.8 Å². The summed E-state index contributed by atoms with van der Waals surface area (Å²) in [5.41, 5.74) is 0.483. The molecule has 0 saturated carbocycles. The second-order valence-corrected chi connectivity index (χ2v) is 10.2. The number of benzene rings is 3. The maximum atomic E-state index is 13.0. The van der Waals surface area contributed by atoms with Crippen LogP contribution in [0, 0.1) is 10.1 Å². The predicted octanol–water partition coefficient (Wildman–Crippen LogP) is 4.85. The van der Waals surface area contributed by atoms with Crippen molar-refractivity contribution in [1.29, 1.82) is 0 Å². The lowest BCUT2D eigenvalue weighted by molar-refractivity contribution is -0.385. The number of urea groups is 1. The number of hydrogen-bond donors (Lipinski definition) is 2. The molecule has 0 heterocycles. The highest BCUT2D eigenvalue weighted by Gasteiger charge is 2.27. The fourth-order valence-corrected chi connectivity index (χ4v) is 4.15. The van der Waals surface area contributed by atoms with Crippen molar-refractivity contribution in [3.63, 3.8) is 0 Å². The summed E-state index contributed by atoms with van der Waals surface area (Å²) in [4.78, 5) is 22.2. The normalized spacial score (nSPS) is 11.4. The molecule has 0 aliphatic rings. The van der Waals surface area contributed by atoms with Crippen LogP contribution in [0.1, 0.15) is 20.8 Å². The van der Waals surface area contributed by atoms with E-state index in [1.54, 1.807) is 58.2 Å². The number of carbonyl (C=O) groups excluding carboxylic acids is 1. The Labute approximate surface area is 203 Å². The third-order valence-electron chi connectivity index (χ3n) is 4.63. The van der Waals surface area contributed by atoms with Crippen LogP contribution in [0.5, 0.6) is 17.2 Å². The first-order valence-corrected chi connectivity index (χ1v) is 11.9. The quantitative estimate of drug-likeness (QED) is 0.350. The molecule has 3 aromatic carbocycles. The molecule has 0 aromatic heterocycles. The monoisotopic (exact) mass is 499 g/mol. The van der Waals surface area contributed by atoms with Crippen molar-refractivity contribution in [2.24, 2.45) is 0 Å². The second kappa shape index (κ2) is 10.0. The summed E-state index contributed by atoms with van der Waals surface area (Å²) >= 11 is 0. The van der Waals surface area contributed by atoms with Crippen molar-refractivity contribution < 1.29 is 27.6 Å². The number of amides is 2. The van der Waals surface area contributed by atoms with Crippen molar-refractivity contribution in [2.45, 2.75) is 31.2 Å². The van der Waals surface area contributed by atoms with Crippen LogP contribution in [0.4, 0.5) is 10.5 Å². The van der Waals surface area contributed by atoms with E-state index >= 15 is 0 Å². The van der Waals surface area contributed by atoms with E-state index in [2.05, 4.69) is 5.32 Å². The number of non-ortho nitro benzene ring substituents is 1. The van der Waals surface area contributed by atoms with Crippen LogP contribution in [0.3, 0.4) is 0 Å². The molecule has 35 heavy (non-hydrogen) atoms. The molecule has 3 aromatic rings. The van der Waals surface area contributed by atoms with Gasteiger partial charge in [-0.15, -0.1) is 0 Å². The molecular formula is C24H25N3O7S. The summed E-state index contributed by atoms with van der Waals surface area (Å²) in [5, 5.41) is 13.7. The highest BCUT2D eigenvalue weighted by Crippen LogP contribution is 2.34. The van der Waals surface area contributed by atoms with Gasteiger partial charge in [0, 0.05) is 17.7 Å². The molecule has 10 nitrogen and oxygen atoms in total. The zero-order chi connectivity index (χ0) is 25.8. The average molecular weight is 500 g/mol. The summed E-state index contributed by atoms with van der Waals surface area (Å²) in [6, 6.07) is 16.4. The van der Waals surface area contributed by atoms with E-state index in [1.807, 2.05) is 22.9 Å². The van der Waals surface area contributed by atoms with E-state index in [-0.39, 0.29) is 5.75 Å². The molecule has 0 atom stereocenters. The van der Waals surface area contributed by atoms with Crippen LogP contribution in [-0.4, -0.2) is 32.0 Å². The SMILES string of the molecule is COc1ccc(-c2cccc(Oc3ccc([N+](=O)[O-])cc3S(=O)(=O)NC(=O)NC(C)(C)C)c2)cc1. The molecule has 0 fully saturated rings. The molecule has 11 heteroatoms. The number of carbonyl (C=O) groups is 1. The van der Waals surface area contributed by atoms with Gasteiger partial charge in [0.05, 0.1) is 12.0 Å². The van der Waals surface area contributed by atoms with Crippen molar-refractivity contribution in [3.8, 4) is 28.4 Å². The minimum atomic E-state index is -4.51. The Morgan fingerprint density at radius 2 is 1.63 bits per heavy atom. The van der Waals surface area contributed by atoms with Gasteiger partial charge in [-0.3, -0.25) is 10.1 Å². The Kier molecular flexibility index (Phi) is 7.30. The molecule has 0 saturated heterocycles. The van der Waals surface area contributed by atoms with Crippen LogP contribution >= 0.6 is 0 Å². The van der Waals surface area contributed by atoms with Gasteiger partial charge in [-0.2, -0.15) is 0 Å². The number of nitrogens with one attached hydrogen (secondary N) is 2. The largest absolute Gasteiger partial charge is 0.497 e. The first-order valence-electron chi connectivity index (χ1n) is 10.4. The van der Waals surface area contributed by atoms with Crippen molar-refractivity contribution >= 4 is 21.7 Å². The maximum absolute atomic E-state index is 13.0. The first kappa shape index (κ1) is 25.5. The predicted molar refractivity (Wildman–Crippen MR) is 130 cm³/mol. The van der Waals surface area contributed by atoms with E-state index < -0.39 is 37.1 Å². The summed E-state index contributed by atoms with van der Waals surface area (Å²) in [6.45, 7) is 5.03. The Balaban J connectivity index is 1.96. The number of hydrogen-bond acceptors (Lipinski definition) is 7. The summed E-state index contributed by atoms with van der Waals surface area (Å²) < 4.78 is 38.8. The van der Waals surface area contributed by atoms with Crippen molar-refractivity contribution in [2.75, 3.05) is 7.11 Å². The number of ether oxygens (including phenoxy) is 2. The zero-order valence-electron chi connectivity index (χ0n) is 19.6. The van der Waals surface area contributed by atoms with Gasteiger partial charge < -0.3 is 14.8 Å². The Bertz CT molecular complexity index is 1350. The highest BCUT2D eigenvalue weighted by atomic mass is 32.2. The lowest BCUT2D eigenvalue weighted by atomic mass is 10.1. The number of rotatable bonds is 7. The number of nitro groups is 1. The number of methoxy groups -OCH3 is 1. The topological polar surface area (TPSA) is 137 Å². The number of sulfonamides is 1. The van der Waals surface area contributed by atoms with Crippen LogP contribution in [-0.2, 0) is 10.0 Å². The molecule has 3 rings (SSSR count). The van der Waals surface area contributed by atoms with Gasteiger partial charge in [-0.05, 0) is 62.2 Å². The summed E-state index contributed by atoms with van der Waals surface area (Å²) in [7, 11) is -2.94. The third-order valence-corrected chi connectivity index (χ3v) is 5.98. The minimum absolute atomic E-state index is 0.182. The summed E-state index contributed by atoms with van der Waals surface area (Å²) in [5.74, 6) is 0.811. The standard InChI is InChI=1S/C24H25N3O7S/c1-24(2,3)25-23(28)26-35(31,32)22-15-18(27(29)30)10-13-21(22)34-20-7-5-6-17(14-20)16-8-11-19(33-4)12-9-16/h5-15H,1-4H3,(H2,25,26,28). The second-order valence-electron chi connectivity index (χ2n) is 8.56. The molecule has 0 spiro atoms. The van der Waals surface area contributed by atoms with Gasteiger partial charge >= 0.3 is 6.03 Å². The number of nitro benzene ring substituents is 1. The Hall–Kier alpha value is -4.12. The smallest absolute Gasteiger partial charge is 0.329 e. The van der Waals surface area contributed by atoms with Gasteiger partial charge in [-0.1, -0.05) is 24.3 Å². The van der Waals surface area contributed by atoms with E-state index in [4.69, 9.17) is 9.47 Å². The fraction of sp³-hybridized carbons (Fsp3) is 0.208. The third kappa shape index (κ3) is 6.70. The summed E-state index contributed by atoms with van der Waals surface area (Å²) in [6.07, 6.45) is 0. The molecule has 2 N–H and O–H groups in total. The van der Waals surface area contributed by atoms with Crippen LogP contribution < -0.4 is 19.5 Å². The average Bonchev–Trinajstić information content (AvgIpc) is 2.77. The van der Waals surface area contributed by atoms with Crippen LogP contribution in [0.25, 0.3) is 11.1 Å². The van der Waals surface area contributed by atoms with Gasteiger partial charge in [0.1, 0.15) is 22.1 Å². The molecular weight excluding hydrogens is 474 g/mol. The highest BCUT2D eigenvalue weighted by molar-refractivity contribution is 7.90. The Morgan fingerprint density at radius 3 is 2.23 bits per heavy atom. The van der Waals surface area contributed by atoms with E-state index in [0.717, 1.165) is 23.3 Å². The van der Waals surface area contributed by atoms with Gasteiger partial charge in [0.2, 0.25) is 0 Å². The zero-order valence-corrected chi connectivity index (χ0v) is 20.4. The molecule has 0 aliphatic carbocycles. The lowest BCUT2D eigenvalue weighted by Gasteiger charge is -2.21. The lowest BCUT2D eigenvalue weighted by Crippen LogP contribution is -2.48. The van der Waals surface area contributed by atoms with Crippen molar-refractivity contribution in [1.82, 2.24) is 10.0 Å². The molecule has 0 bridgehead atoms. The molecule has 184 valence electrons.